The molecule has 0 atom stereocenters. The van der Waals surface area contributed by atoms with Crippen LogP contribution in [-0.2, 0) is 19.6 Å². The molecule has 0 radical (unpaired) electrons. The van der Waals surface area contributed by atoms with Crippen molar-refractivity contribution in [3.63, 3.8) is 0 Å². The van der Waals surface area contributed by atoms with Gasteiger partial charge in [0.1, 0.15) is 12.5 Å². The Morgan fingerprint density at radius 3 is 2.29 bits per heavy atom. The maximum atomic E-state index is 13.4. The molecule has 2 aliphatic heterocycles. The topological polar surface area (TPSA) is 127 Å². The van der Waals surface area contributed by atoms with Crippen LogP contribution in [0.5, 0.6) is 11.5 Å². The summed E-state index contributed by atoms with van der Waals surface area (Å²) in [6.07, 6.45) is 4.02. The molecule has 12 heteroatoms. The van der Waals surface area contributed by atoms with E-state index in [9.17, 15) is 18.0 Å². The van der Waals surface area contributed by atoms with Crippen molar-refractivity contribution in [3.05, 3.63) is 89.9 Å². The smallest absolute Gasteiger partial charge is 0.337 e. The number of nitrogens with zero attached hydrogens (tertiary/aromatic N) is 2. The molecule has 0 unspecified atom stereocenters. The van der Waals surface area contributed by atoms with Crippen LogP contribution in [0.25, 0.3) is 11.3 Å². The lowest BCUT2D eigenvalue weighted by molar-refractivity contribution is -0.110. The van der Waals surface area contributed by atoms with Gasteiger partial charge in [0.2, 0.25) is 10.0 Å². The third-order valence-corrected chi connectivity index (χ3v) is 7.88. The predicted molar refractivity (Wildman–Crippen MR) is 161 cm³/mol. The van der Waals surface area contributed by atoms with Crippen molar-refractivity contribution < 1.29 is 32.2 Å². The number of sulfonamides is 1. The minimum absolute atomic E-state index is 0.296. The quantitative estimate of drug-likeness (QED) is 0.281. The van der Waals surface area contributed by atoms with Crippen molar-refractivity contribution in [1.29, 1.82) is 0 Å². The summed E-state index contributed by atoms with van der Waals surface area (Å²) in [6.45, 7) is 0.846. The molecule has 0 fully saturated rings. The second-order valence-corrected chi connectivity index (χ2v) is 11.8. The van der Waals surface area contributed by atoms with E-state index in [-0.39, 0.29) is 5.91 Å². The molecule has 1 amide bonds. The number of esters is 1. The van der Waals surface area contributed by atoms with Crippen LogP contribution < -0.4 is 24.4 Å². The lowest BCUT2D eigenvalue weighted by Crippen LogP contribution is -2.35. The van der Waals surface area contributed by atoms with Crippen molar-refractivity contribution in [3.8, 4) is 11.5 Å². The number of hydrogen-bond donors (Lipinski definition) is 2. The van der Waals surface area contributed by atoms with Crippen molar-refractivity contribution in [1.82, 2.24) is 4.90 Å². The minimum atomic E-state index is -3.51. The highest BCUT2D eigenvalue weighted by molar-refractivity contribution is 7.92. The van der Waals surface area contributed by atoms with Gasteiger partial charge in [-0.1, -0.05) is 6.07 Å². The van der Waals surface area contributed by atoms with Crippen LogP contribution in [0.4, 0.5) is 17.1 Å². The molecular formula is C30H30N4O7S. The summed E-state index contributed by atoms with van der Waals surface area (Å²) in [5.74, 6) is 0.103. The van der Waals surface area contributed by atoms with Crippen molar-refractivity contribution in [2.75, 3.05) is 55.5 Å². The normalized spacial score (nSPS) is 14.7. The Kier molecular flexibility index (Phi) is 7.92. The largest absolute Gasteiger partial charge is 0.465 e. The van der Waals surface area contributed by atoms with Gasteiger partial charge in [-0.05, 0) is 68.7 Å². The number of carbonyl (C=O) groups is 2. The molecule has 2 aliphatic rings. The van der Waals surface area contributed by atoms with E-state index in [4.69, 9.17) is 14.2 Å². The number of carbonyl (C=O) groups excluding carboxylic acids is 2. The second-order valence-electron chi connectivity index (χ2n) is 9.94. The fourth-order valence-corrected chi connectivity index (χ4v) is 5.55. The maximum absolute atomic E-state index is 13.4. The first kappa shape index (κ1) is 28.7. The average Bonchev–Trinajstić information content (AvgIpc) is 3.29. The molecule has 0 bridgehead atoms. The van der Waals surface area contributed by atoms with Crippen LogP contribution >= 0.6 is 0 Å². The van der Waals surface area contributed by atoms with Gasteiger partial charge in [0.15, 0.2) is 11.5 Å². The van der Waals surface area contributed by atoms with Crippen LogP contribution in [0.15, 0.2) is 73.2 Å². The van der Waals surface area contributed by atoms with E-state index < -0.39 is 16.0 Å². The van der Waals surface area contributed by atoms with E-state index in [1.807, 2.05) is 19.0 Å². The Labute approximate surface area is 244 Å². The highest BCUT2D eigenvalue weighted by atomic mass is 32.2. The summed E-state index contributed by atoms with van der Waals surface area (Å²) in [5.41, 5.74) is 3.95. The fourth-order valence-electron chi connectivity index (χ4n) is 4.63. The van der Waals surface area contributed by atoms with Crippen LogP contribution in [0.3, 0.4) is 0 Å². The molecule has 2 N–H and O–H groups in total. The Balaban J connectivity index is 1.57. The third-order valence-electron chi connectivity index (χ3n) is 6.69. The molecule has 0 aliphatic carbocycles. The van der Waals surface area contributed by atoms with Gasteiger partial charge in [0, 0.05) is 29.9 Å². The second kappa shape index (κ2) is 11.6. The zero-order valence-electron chi connectivity index (χ0n) is 23.5. The number of hydrogen-bond acceptors (Lipinski definition) is 9. The molecular weight excluding hydrogens is 560 g/mol. The fraction of sp³-hybridized carbons (Fsp3) is 0.200. The molecule has 0 saturated heterocycles. The number of nitrogens with one attached hydrogen (secondary N) is 2. The molecule has 0 aromatic heterocycles. The summed E-state index contributed by atoms with van der Waals surface area (Å²) < 4.78 is 42.3. The maximum Gasteiger partial charge on any atom is 0.337 e. The lowest BCUT2D eigenvalue weighted by atomic mass is 9.98. The zero-order valence-corrected chi connectivity index (χ0v) is 24.3. The highest BCUT2D eigenvalue weighted by Crippen LogP contribution is 2.41. The van der Waals surface area contributed by atoms with E-state index in [1.165, 1.54) is 30.2 Å². The van der Waals surface area contributed by atoms with Gasteiger partial charge in [0.05, 0.1) is 41.6 Å². The number of amides is 1. The first-order valence-electron chi connectivity index (χ1n) is 13.0. The van der Waals surface area contributed by atoms with E-state index in [0.29, 0.717) is 69.6 Å². The van der Waals surface area contributed by atoms with Gasteiger partial charge in [-0.15, -0.1) is 0 Å². The highest BCUT2D eigenvalue weighted by Gasteiger charge is 2.30. The minimum Gasteiger partial charge on any atom is -0.465 e. The van der Waals surface area contributed by atoms with Crippen LogP contribution in [0, 0.1) is 0 Å². The Morgan fingerprint density at radius 1 is 0.929 bits per heavy atom. The average molecular weight is 591 g/mol. The summed E-state index contributed by atoms with van der Waals surface area (Å²) in [4.78, 5) is 27.4. The summed E-state index contributed by atoms with van der Waals surface area (Å²) in [6, 6.07) is 17.1. The Bertz CT molecular complexity index is 1710. The summed E-state index contributed by atoms with van der Waals surface area (Å²) in [5, 5.41) is 6.20. The van der Waals surface area contributed by atoms with Gasteiger partial charge < -0.3 is 29.7 Å². The molecule has 5 rings (SSSR count). The first-order chi connectivity index (χ1) is 20.0. The number of fused-ring (bicyclic) bond motifs is 2. The number of likely N-dealkylation sites (N-methyl/N-ethyl adjacent to an activating group) is 1. The Hall–Kier alpha value is -4.81. The van der Waals surface area contributed by atoms with Gasteiger partial charge in [-0.2, -0.15) is 0 Å². The van der Waals surface area contributed by atoms with Gasteiger partial charge in [-0.25, -0.2) is 13.2 Å². The van der Waals surface area contributed by atoms with Gasteiger partial charge in [0.25, 0.3) is 5.91 Å². The van der Waals surface area contributed by atoms with Crippen molar-refractivity contribution in [2.24, 2.45) is 0 Å². The summed E-state index contributed by atoms with van der Waals surface area (Å²) in [7, 11) is 1.54. The number of anilines is 3. The monoisotopic (exact) mass is 590 g/mol. The van der Waals surface area contributed by atoms with Crippen LogP contribution in [0.2, 0.25) is 0 Å². The molecule has 3 aromatic carbocycles. The number of rotatable bonds is 9. The molecule has 11 nitrogen and oxygen atoms in total. The van der Waals surface area contributed by atoms with Crippen LogP contribution in [-0.4, -0.2) is 65.7 Å². The predicted octanol–water partition coefficient (Wildman–Crippen LogP) is 3.98. The van der Waals surface area contributed by atoms with Crippen LogP contribution in [0.1, 0.15) is 21.5 Å². The molecule has 0 spiro atoms. The first-order valence-corrected chi connectivity index (χ1v) is 14.8. The summed E-state index contributed by atoms with van der Waals surface area (Å²) >= 11 is 0. The standard InChI is InChI=1S/C30H30N4O7S/c1-33(2)13-14-34(42(4,37)38)22-9-7-21(8-10-22)31-28(19-6-12-25-26(18-19)41-16-15-40-25)27-23-11-5-20(30(36)39-3)17-24(23)32-29(27)35/h5-12,15-18,31H,13-14H2,1-4H3,(H,32,35). The van der Waals surface area contributed by atoms with E-state index >= 15 is 0 Å². The molecule has 3 aromatic rings. The third kappa shape index (κ3) is 5.94. The number of benzene rings is 3. The molecule has 218 valence electrons. The molecule has 2 heterocycles. The van der Waals surface area contributed by atoms with Gasteiger partial charge in [-0.3, -0.25) is 9.10 Å². The zero-order chi connectivity index (χ0) is 30.0. The Morgan fingerprint density at radius 2 is 1.62 bits per heavy atom. The van der Waals surface area contributed by atoms with Crippen molar-refractivity contribution in [2.45, 2.75) is 0 Å². The number of ether oxygens (including phenoxy) is 3. The van der Waals surface area contributed by atoms with E-state index in [1.54, 1.807) is 60.7 Å². The van der Waals surface area contributed by atoms with Crippen molar-refractivity contribution >= 4 is 50.2 Å². The molecule has 0 saturated carbocycles. The van der Waals surface area contributed by atoms with Gasteiger partial charge >= 0.3 is 5.97 Å². The number of methoxy groups -OCH3 is 1. The lowest BCUT2D eigenvalue weighted by Gasteiger charge is -2.24. The molecule has 42 heavy (non-hydrogen) atoms. The van der Waals surface area contributed by atoms with E-state index in [2.05, 4.69) is 10.6 Å². The SMILES string of the molecule is COC(=O)c1ccc2c(c1)NC(=O)C2=C(Nc1ccc(N(CCN(C)C)S(C)(=O)=O)cc1)c1ccc2c(c1)OC=CO2. The van der Waals surface area contributed by atoms with E-state index in [0.717, 1.165) is 0 Å².